The summed E-state index contributed by atoms with van der Waals surface area (Å²) in [6.07, 6.45) is 7.33. The van der Waals surface area contributed by atoms with Crippen LogP contribution in [0.5, 0.6) is 0 Å². The average Bonchev–Trinajstić information content (AvgIpc) is 2.67. The number of sulfonamides is 1. The molecule has 0 N–H and O–H groups in total. The molecule has 0 aromatic heterocycles. The lowest BCUT2D eigenvalue weighted by atomic mass is 9.90. The van der Waals surface area contributed by atoms with E-state index in [0.29, 0.717) is 19.0 Å². The van der Waals surface area contributed by atoms with Gasteiger partial charge in [0.2, 0.25) is 10.0 Å². The summed E-state index contributed by atoms with van der Waals surface area (Å²) in [6.45, 7) is 6.43. The van der Waals surface area contributed by atoms with Crippen LogP contribution < -0.4 is 0 Å². The molecule has 0 aliphatic carbocycles. The topological polar surface area (TPSA) is 66.9 Å². The van der Waals surface area contributed by atoms with Crippen molar-refractivity contribution < 1.29 is 17.9 Å². The van der Waals surface area contributed by atoms with Crippen molar-refractivity contribution in [1.29, 1.82) is 0 Å². The Morgan fingerprint density at radius 2 is 1.90 bits per heavy atom. The van der Waals surface area contributed by atoms with E-state index in [9.17, 15) is 13.2 Å². The van der Waals surface area contributed by atoms with E-state index in [2.05, 4.69) is 18.2 Å². The Balaban J connectivity index is 1.42. The fourth-order valence-electron chi connectivity index (χ4n) is 4.29. The zero-order chi connectivity index (χ0) is 21.0. The third-order valence-corrected chi connectivity index (χ3v) is 7.25. The summed E-state index contributed by atoms with van der Waals surface area (Å²) >= 11 is 0. The number of hydrogen-bond donors (Lipinski definition) is 0. The second-order valence-corrected chi connectivity index (χ2v) is 10.7. The lowest BCUT2D eigenvalue weighted by Crippen LogP contribution is -2.39. The SMILES string of the molecule is CC(C)OC(=O)N1CCC(CCCc2ccc3c(c2)CCN(S(C)(=O)=O)C3)CC1. The molecule has 162 valence electrons. The Morgan fingerprint density at radius 3 is 2.55 bits per heavy atom. The first kappa shape index (κ1) is 22.1. The van der Waals surface area contributed by atoms with Crippen LogP contribution in [0.4, 0.5) is 4.79 Å². The molecule has 0 radical (unpaired) electrons. The maximum atomic E-state index is 12.0. The smallest absolute Gasteiger partial charge is 0.410 e. The minimum Gasteiger partial charge on any atom is -0.447 e. The molecule has 1 amide bonds. The van der Waals surface area contributed by atoms with E-state index in [1.807, 2.05) is 18.7 Å². The maximum absolute atomic E-state index is 12.0. The first-order chi connectivity index (χ1) is 13.7. The van der Waals surface area contributed by atoms with Gasteiger partial charge in [-0.25, -0.2) is 13.2 Å². The number of amides is 1. The van der Waals surface area contributed by atoms with Gasteiger partial charge in [-0.15, -0.1) is 0 Å². The summed E-state index contributed by atoms with van der Waals surface area (Å²) < 4.78 is 30.4. The molecule has 0 spiro atoms. The molecule has 1 saturated heterocycles. The highest BCUT2D eigenvalue weighted by molar-refractivity contribution is 7.88. The summed E-state index contributed by atoms with van der Waals surface area (Å²) in [4.78, 5) is 13.8. The highest BCUT2D eigenvalue weighted by atomic mass is 32.2. The predicted molar refractivity (Wildman–Crippen MR) is 114 cm³/mol. The molecule has 1 aromatic rings. The molecule has 0 atom stereocenters. The molecular weight excluding hydrogens is 388 g/mol. The van der Waals surface area contributed by atoms with Gasteiger partial charge in [-0.05, 0) is 75.0 Å². The third-order valence-electron chi connectivity index (χ3n) is 6.00. The zero-order valence-corrected chi connectivity index (χ0v) is 18.7. The lowest BCUT2D eigenvalue weighted by molar-refractivity contribution is 0.0646. The number of piperidine rings is 1. The van der Waals surface area contributed by atoms with E-state index < -0.39 is 10.0 Å². The molecule has 3 rings (SSSR count). The summed E-state index contributed by atoms with van der Waals surface area (Å²) in [7, 11) is -3.12. The summed E-state index contributed by atoms with van der Waals surface area (Å²) in [5.74, 6) is 0.680. The molecule has 7 heteroatoms. The largest absolute Gasteiger partial charge is 0.447 e. The fourth-order valence-corrected chi connectivity index (χ4v) is 5.09. The van der Waals surface area contributed by atoms with Gasteiger partial charge in [0.25, 0.3) is 0 Å². The molecule has 0 unspecified atom stereocenters. The van der Waals surface area contributed by atoms with Crippen LogP contribution in [0.25, 0.3) is 0 Å². The molecule has 0 bridgehead atoms. The number of benzene rings is 1. The van der Waals surface area contributed by atoms with E-state index in [-0.39, 0.29) is 12.2 Å². The van der Waals surface area contributed by atoms with Crippen LogP contribution in [0.15, 0.2) is 18.2 Å². The zero-order valence-electron chi connectivity index (χ0n) is 17.9. The van der Waals surface area contributed by atoms with Crippen molar-refractivity contribution in [1.82, 2.24) is 9.21 Å². The quantitative estimate of drug-likeness (QED) is 0.703. The summed E-state index contributed by atoms with van der Waals surface area (Å²) in [5.41, 5.74) is 3.76. The minimum absolute atomic E-state index is 0.0636. The lowest BCUT2D eigenvalue weighted by Gasteiger charge is -2.31. The van der Waals surface area contributed by atoms with E-state index in [1.54, 1.807) is 4.31 Å². The fraction of sp³-hybridized carbons (Fsp3) is 0.682. The van der Waals surface area contributed by atoms with Gasteiger partial charge in [0, 0.05) is 26.2 Å². The number of carbonyl (C=O) groups excluding carboxylic acids is 1. The van der Waals surface area contributed by atoms with Gasteiger partial charge in [0.1, 0.15) is 0 Å². The molecule has 1 fully saturated rings. The van der Waals surface area contributed by atoms with Crippen LogP contribution in [0.3, 0.4) is 0 Å². The Hall–Kier alpha value is -1.60. The monoisotopic (exact) mass is 422 g/mol. The molecule has 2 heterocycles. The summed E-state index contributed by atoms with van der Waals surface area (Å²) in [6, 6.07) is 6.51. The highest BCUT2D eigenvalue weighted by Crippen LogP contribution is 2.25. The molecule has 2 aliphatic rings. The Labute approximate surface area is 175 Å². The van der Waals surface area contributed by atoms with Crippen LogP contribution in [0, 0.1) is 5.92 Å². The molecule has 29 heavy (non-hydrogen) atoms. The van der Waals surface area contributed by atoms with E-state index in [0.717, 1.165) is 50.8 Å². The Bertz CT molecular complexity index is 814. The number of fused-ring (bicyclic) bond motifs is 1. The number of carbonyl (C=O) groups is 1. The second kappa shape index (κ2) is 9.47. The van der Waals surface area contributed by atoms with Gasteiger partial charge in [-0.1, -0.05) is 18.2 Å². The van der Waals surface area contributed by atoms with Crippen molar-refractivity contribution >= 4 is 16.1 Å². The van der Waals surface area contributed by atoms with Gasteiger partial charge < -0.3 is 9.64 Å². The number of hydrogen-bond acceptors (Lipinski definition) is 4. The molecule has 6 nitrogen and oxygen atoms in total. The van der Waals surface area contributed by atoms with E-state index in [1.165, 1.54) is 23.8 Å². The number of rotatable bonds is 6. The van der Waals surface area contributed by atoms with Crippen LogP contribution >= 0.6 is 0 Å². The Kier molecular flexibility index (Phi) is 7.22. The first-order valence-electron chi connectivity index (χ1n) is 10.7. The average molecular weight is 423 g/mol. The van der Waals surface area contributed by atoms with Crippen molar-refractivity contribution in [3.63, 3.8) is 0 Å². The van der Waals surface area contributed by atoms with E-state index in [4.69, 9.17) is 4.74 Å². The van der Waals surface area contributed by atoms with Crippen molar-refractivity contribution in [2.24, 2.45) is 5.92 Å². The van der Waals surface area contributed by atoms with Gasteiger partial charge in [-0.3, -0.25) is 0 Å². The predicted octanol–water partition coefficient (Wildman–Crippen LogP) is 3.58. The number of nitrogens with zero attached hydrogens (tertiary/aromatic N) is 2. The number of ether oxygens (including phenoxy) is 1. The van der Waals surface area contributed by atoms with Gasteiger partial charge in [0.15, 0.2) is 0 Å². The van der Waals surface area contributed by atoms with Crippen molar-refractivity contribution in [3.05, 3.63) is 34.9 Å². The third kappa shape index (κ3) is 6.19. The van der Waals surface area contributed by atoms with Crippen LogP contribution in [-0.2, 0) is 34.1 Å². The standard InChI is InChI=1S/C22H34N2O4S/c1-17(2)28-22(25)23-12-9-18(10-13-23)5-4-6-19-7-8-21-16-24(29(3,26)27)14-11-20(21)15-19/h7-8,15,17-18H,4-6,9-14,16H2,1-3H3. The molecular formula is C22H34N2O4S. The first-order valence-corrected chi connectivity index (χ1v) is 12.6. The van der Waals surface area contributed by atoms with Crippen molar-refractivity contribution in [3.8, 4) is 0 Å². The second-order valence-electron chi connectivity index (χ2n) is 8.70. The van der Waals surface area contributed by atoms with Gasteiger partial charge in [0.05, 0.1) is 12.4 Å². The van der Waals surface area contributed by atoms with Crippen LogP contribution in [0.2, 0.25) is 0 Å². The van der Waals surface area contributed by atoms with Gasteiger partial charge in [-0.2, -0.15) is 4.31 Å². The normalized spacial score (nSPS) is 18.7. The number of aryl methyl sites for hydroxylation is 1. The van der Waals surface area contributed by atoms with Gasteiger partial charge >= 0.3 is 6.09 Å². The minimum atomic E-state index is -3.12. The highest BCUT2D eigenvalue weighted by Gasteiger charge is 2.25. The molecule has 1 aromatic carbocycles. The van der Waals surface area contributed by atoms with Crippen molar-refractivity contribution in [2.45, 2.75) is 65.0 Å². The van der Waals surface area contributed by atoms with E-state index >= 15 is 0 Å². The Morgan fingerprint density at radius 1 is 1.17 bits per heavy atom. The van der Waals surface area contributed by atoms with Crippen molar-refractivity contribution in [2.75, 3.05) is 25.9 Å². The maximum Gasteiger partial charge on any atom is 0.410 e. The molecule has 2 aliphatic heterocycles. The molecule has 0 saturated carbocycles. The number of likely N-dealkylation sites (tertiary alicyclic amines) is 1. The van der Waals surface area contributed by atoms with Crippen LogP contribution in [0.1, 0.15) is 56.2 Å². The summed E-state index contributed by atoms with van der Waals surface area (Å²) in [5, 5.41) is 0. The van der Waals surface area contributed by atoms with Crippen LogP contribution in [-0.4, -0.2) is 55.7 Å².